The molecule has 0 saturated heterocycles. The van der Waals surface area contributed by atoms with Crippen LogP contribution in [0.4, 0.5) is 29.0 Å². The summed E-state index contributed by atoms with van der Waals surface area (Å²) in [6.45, 7) is 3.35. The van der Waals surface area contributed by atoms with Gasteiger partial charge in [0.2, 0.25) is 11.9 Å². The molecule has 11 heteroatoms. The van der Waals surface area contributed by atoms with Gasteiger partial charge in [0.1, 0.15) is 6.33 Å². The minimum absolute atomic E-state index is 0.443. The fraction of sp³-hybridized carbons (Fsp3) is 0.205. The number of aromatic nitrogens is 5. The van der Waals surface area contributed by atoms with Gasteiger partial charge in [-0.1, -0.05) is 99.7 Å². The highest BCUT2D eigenvalue weighted by atomic mass is 32.2. The molecule has 5 aromatic carbocycles. The molecule has 0 spiro atoms. The van der Waals surface area contributed by atoms with Crippen molar-refractivity contribution in [2.24, 2.45) is 0 Å². The minimum Gasteiger partial charge on any atom is -0.361 e. The molecular formula is C44H40N8S3. The van der Waals surface area contributed by atoms with Crippen LogP contribution in [-0.2, 0) is 0 Å². The Bertz CT molecular complexity index is 2600. The highest BCUT2D eigenvalue weighted by Crippen LogP contribution is 2.47. The summed E-state index contributed by atoms with van der Waals surface area (Å²) >= 11 is 5.22. The van der Waals surface area contributed by atoms with E-state index < -0.39 is 0 Å². The average Bonchev–Trinajstić information content (AvgIpc) is 4.00. The Hall–Kier alpha value is -5.36. The number of unbranched alkanes of at least 4 members (excludes halogenated alkanes) is 5. The van der Waals surface area contributed by atoms with E-state index in [1.807, 2.05) is 22.8 Å². The van der Waals surface area contributed by atoms with E-state index in [1.165, 1.54) is 54.7 Å². The smallest absolute Gasteiger partial charge is 0.232 e. The highest BCUT2D eigenvalue weighted by molar-refractivity contribution is 7.99. The van der Waals surface area contributed by atoms with Crippen molar-refractivity contribution in [3.05, 3.63) is 114 Å². The van der Waals surface area contributed by atoms with Crippen molar-refractivity contribution in [3.63, 3.8) is 0 Å². The first kappa shape index (κ1) is 35.3. The Labute approximate surface area is 333 Å². The van der Waals surface area contributed by atoms with E-state index in [-0.39, 0.29) is 0 Å². The zero-order chi connectivity index (χ0) is 37.0. The predicted molar refractivity (Wildman–Crippen MR) is 233 cm³/mol. The lowest BCUT2D eigenvalue weighted by atomic mass is 9.96. The molecule has 274 valence electrons. The summed E-state index contributed by atoms with van der Waals surface area (Å²) in [4.78, 5) is 27.4. The summed E-state index contributed by atoms with van der Waals surface area (Å²) in [5.74, 6) is 1.89. The summed E-state index contributed by atoms with van der Waals surface area (Å²) in [6.07, 6.45) is 9.31. The quantitative estimate of drug-likeness (QED) is 0.105. The van der Waals surface area contributed by atoms with Crippen molar-refractivity contribution in [2.75, 3.05) is 28.0 Å². The van der Waals surface area contributed by atoms with Crippen molar-refractivity contribution in [2.45, 2.75) is 50.3 Å². The molecule has 4 heterocycles. The molecule has 0 atom stereocenters. The number of hydrogen-bond donors (Lipinski definition) is 2. The molecule has 8 nitrogen and oxygen atoms in total. The van der Waals surface area contributed by atoms with E-state index in [9.17, 15) is 0 Å². The molecule has 9 rings (SSSR count). The number of nitrogens with one attached hydrogen (secondary N) is 2. The van der Waals surface area contributed by atoms with Crippen molar-refractivity contribution >= 4 is 83.8 Å². The van der Waals surface area contributed by atoms with Crippen LogP contribution < -0.4 is 15.5 Å². The second-order valence-electron chi connectivity index (χ2n) is 13.7. The van der Waals surface area contributed by atoms with Crippen LogP contribution in [-0.4, -0.2) is 37.3 Å². The summed E-state index contributed by atoms with van der Waals surface area (Å²) in [7, 11) is 0. The second-order valence-corrected chi connectivity index (χ2v) is 16.4. The molecule has 1 aliphatic heterocycles. The number of anilines is 5. The topological polar surface area (TPSA) is 91.8 Å². The first-order valence-corrected chi connectivity index (χ1v) is 21.6. The van der Waals surface area contributed by atoms with Crippen molar-refractivity contribution in [3.8, 4) is 33.4 Å². The number of nitrogens with zero attached hydrogens (tertiary/aromatic N) is 6. The third-order valence-corrected chi connectivity index (χ3v) is 12.8. The number of benzene rings is 5. The number of thiazole rings is 2. The number of hydrogen-bond acceptors (Lipinski definition) is 11. The molecular weight excluding hydrogens is 737 g/mol. The molecule has 3 aromatic heterocycles. The number of thioether (sulfide) groups is 1. The summed E-state index contributed by atoms with van der Waals surface area (Å²) in [5.41, 5.74) is 15.5. The van der Waals surface area contributed by atoms with Crippen LogP contribution in [0, 0.1) is 0 Å². The second kappa shape index (κ2) is 16.2. The van der Waals surface area contributed by atoms with Crippen LogP contribution >= 0.6 is 34.4 Å². The fourth-order valence-electron chi connectivity index (χ4n) is 7.41. The van der Waals surface area contributed by atoms with Gasteiger partial charge < -0.3 is 15.5 Å². The highest BCUT2D eigenvalue weighted by Gasteiger charge is 2.24. The van der Waals surface area contributed by atoms with E-state index >= 15 is 0 Å². The van der Waals surface area contributed by atoms with Gasteiger partial charge in [0.25, 0.3) is 0 Å². The Kier molecular flexibility index (Phi) is 10.4. The fourth-order valence-corrected chi connectivity index (χ4v) is 9.91. The van der Waals surface area contributed by atoms with Crippen LogP contribution in [0.2, 0.25) is 0 Å². The Morgan fingerprint density at radius 3 is 2.05 bits per heavy atom. The summed E-state index contributed by atoms with van der Waals surface area (Å²) in [5, 5.41) is 7.08. The molecule has 8 aromatic rings. The van der Waals surface area contributed by atoms with E-state index in [0.717, 1.165) is 72.0 Å². The maximum atomic E-state index is 4.88. The van der Waals surface area contributed by atoms with Crippen LogP contribution in [0.5, 0.6) is 0 Å². The van der Waals surface area contributed by atoms with E-state index in [4.69, 9.17) is 15.0 Å². The lowest BCUT2D eigenvalue weighted by Crippen LogP contribution is -2.21. The van der Waals surface area contributed by atoms with Gasteiger partial charge in [-0.2, -0.15) is 4.98 Å². The molecule has 0 saturated carbocycles. The van der Waals surface area contributed by atoms with E-state index in [1.54, 1.807) is 29.0 Å². The van der Waals surface area contributed by atoms with Gasteiger partial charge in [0.05, 0.1) is 43.0 Å². The molecule has 0 bridgehead atoms. The normalized spacial score (nSPS) is 12.4. The van der Waals surface area contributed by atoms with Crippen LogP contribution in [0.1, 0.15) is 45.4 Å². The summed E-state index contributed by atoms with van der Waals surface area (Å²) in [6, 6.07) is 34.2. The molecule has 0 radical (unpaired) electrons. The standard InChI is InChI=1S/C44H40N8S3/c1-2-3-4-5-6-9-23-52-28-55-39-20-12-16-33(42(39)52)31-13-7-8-17-35(31)49-43-45-25-46-44(51-43)50-36-22-21-29(30-14-10-18-37-40(30)47-26-53-37)24-34(36)32-15-11-19-38-41(32)48-27-54-38/h7-8,10-22,24-27H,2-6,9,23,28H2,1H3,(H2,45,46,49,50,51). The Morgan fingerprint density at radius 2 is 1.25 bits per heavy atom. The van der Waals surface area contributed by atoms with Gasteiger partial charge in [0.15, 0.2) is 0 Å². The van der Waals surface area contributed by atoms with Crippen molar-refractivity contribution in [1.29, 1.82) is 0 Å². The number of para-hydroxylation sites is 4. The molecule has 0 amide bonds. The van der Waals surface area contributed by atoms with E-state index in [2.05, 4.69) is 129 Å². The zero-order valence-electron chi connectivity index (χ0n) is 30.5. The van der Waals surface area contributed by atoms with E-state index in [0.29, 0.717) is 11.9 Å². The van der Waals surface area contributed by atoms with Gasteiger partial charge in [-0.3, -0.25) is 0 Å². The SMILES string of the molecule is CCCCCCCCN1CSc2cccc(-c3ccccc3Nc3ncnc(Nc4ccc(-c5cccc6scnc56)cc4-c4cccc5scnc45)n3)c21. The lowest BCUT2D eigenvalue weighted by Gasteiger charge is -2.22. The van der Waals surface area contributed by atoms with Gasteiger partial charge in [0, 0.05) is 50.6 Å². The van der Waals surface area contributed by atoms with Crippen LogP contribution in [0.25, 0.3) is 53.8 Å². The molecule has 55 heavy (non-hydrogen) atoms. The number of fused-ring (bicyclic) bond motifs is 3. The maximum Gasteiger partial charge on any atom is 0.232 e. The van der Waals surface area contributed by atoms with Gasteiger partial charge in [-0.05, 0) is 48.4 Å². The number of rotatable bonds is 14. The third-order valence-electron chi connectivity index (χ3n) is 10.1. The van der Waals surface area contributed by atoms with Gasteiger partial charge >= 0.3 is 0 Å². The monoisotopic (exact) mass is 776 g/mol. The lowest BCUT2D eigenvalue weighted by molar-refractivity contribution is 0.605. The minimum atomic E-state index is 0.443. The first-order chi connectivity index (χ1) is 27.2. The molecule has 0 fully saturated rings. The first-order valence-electron chi connectivity index (χ1n) is 18.9. The van der Waals surface area contributed by atoms with Crippen molar-refractivity contribution in [1.82, 2.24) is 24.9 Å². The molecule has 2 N–H and O–H groups in total. The van der Waals surface area contributed by atoms with Crippen LogP contribution in [0.15, 0.2) is 119 Å². The predicted octanol–water partition coefficient (Wildman–Crippen LogP) is 12.8. The average molecular weight is 777 g/mol. The van der Waals surface area contributed by atoms with Crippen molar-refractivity contribution < 1.29 is 0 Å². The van der Waals surface area contributed by atoms with Crippen LogP contribution in [0.3, 0.4) is 0 Å². The molecule has 0 aliphatic carbocycles. The Morgan fingerprint density at radius 1 is 0.600 bits per heavy atom. The molecule has 1 aliphatic rings. The summed E-state index contributed by atoms with van der Waals surface area (Å²) < 4.78 is 2.30. The molecule has 0 unspecified atom stereocenters. The van der Waals surface area contributed by atoms with Gasteiger partial charge in [-0.15, -0.1) is 34.4 Å². The van der Waals surface area contributed by atoms with Gasteiger partial charge in [-0.25, -0.2) is 19.9 Å². The largest absolute Gasteiger partial charge is 0.361 e. The maximum absolute atomic E-state index is 4.88. The Balaban J connectivity index is 1.01. The zero-order valence-corrected chi connectivity index (χ0v) is 33.0. The third kappa shape index (κ3) is 7.39.